The third-order valence-electron chi connectivity index (χ3n) is 4.77. The zero-order valence-corrected chi connectivity index (χ0v) is 15.8. The molecule has 5 nitrogen and oxygen atoms in total. The highest BCUT2D eigenvalue weighted by molar-refractivity contribution is 7.09. The number of carbonyl (C=O) groups excluding carboxylic acids is 2. The molecular formula is C18H29N3O2S. The minimum atomic E-state index is 0.0455. The molecule has 1 N–H and O–H groups in total. The summed E-state index contributed by atoms with van der Waals surface area (Å²) in [4.78, 5) is 30.7. The SMILES string of the molecule is CCC(=O)NCc1csc(C2CCCN(C(=O)C(CC)CC)C2)n1. The van der Waals surface area contributed by atoms with E-state index in [1.165, 1.54) is 0 Å². The maximum Gasteiger partial charge on any atom is 0.225 e. The fourth-order valence-corrected chi connectivity index (χ4v) is 4.13. The summed E-state index contributed by atoms with van der Waals surface area (Å²) in [6.45, 7) is 8.16. The molecule has 1 fully saturated rings. The van der Waals surface area contributed by atoms with Crippen LogP contribution in [0.2, 0.25) is 0 Å². The second-order valence-corrected chi connectivity index (χ2v) is 7.33. The predicted molar refractivity (Wildman–Crippen MR) is 96.9 cm³/mol. The number of carbonyl (C=O) groups is 2. The largest absolute Gasteiger partial charge is 0.350 e. The Bertz CT molecular complexity index is 554. The first-order valence-electron chi connectivity index (χ1n) is 9.08. The van der Waals surface area contributed by atoms with Gasteiger partial charge in [0.05, 0.1) is 17.2 Å². The summed E-state index contributed by atoms with van der Waals surface area (Å²) in [6.07, 6.45) is 4.44. The van der Waals surface area contributed by atoms with Crippen LogP contribution in [-0.2, 0) is 16.1 Å². The smallest absolute Gasteiger partial charge is 0.225 e. The minimum absolute atomic E-state index is 0.0455. The van der Waals surface area contributed by atoms with Crippen molar-refractivity contribution in [3.8, 4) is 0 Å². The van der Waals surface area contributed by atoms with Crippen molar-refractivity contribution in [2.24, 2.45) is 5.92 Å². The van der Waals surface area contributed by atoms with Gasteiger partial charge in [-0.3, -0.25) is 9.59 Å². The highest BCUT2D eigenvalue weighted by atomic mass is 32.1. The topological polar surface area (TPSA) is 62.3 Å². The summed E-state index contributed by atoms with van der Waals surface area (Å²) in [5, 5.41) is 5.98. The molecule has 0 spiro atoms. The average Bonchev–Trinajstić information content (AvgIpc) is 3.09. The van der Waals surface area contributed by atoms with Gasteiger partial charge in [0.1, 0.15) is 0 Å². The van der Waals surface area contributed by atoms with Crippen LogP contribution in [-0.4, -0.2) is 34.8 Å². The van der Waals surface area contributed by atoms with Crippen LogP contribution >= 0.6 is 11.3 Å². The second-order valence-electron chi connectivity index (χ2n) is 6.44. The van der Waals surface area contributed by atoms with E-state index in [1.54, 1.807) is 11.3 Å². The molecule has 1 aromatic rings. The minimum Gasteiger partial charge on any atom is -0.350 e. The quantitative estimate of drug-likeness (QED) is 0.820. The first-order valence-corrected chi connectivity index (χ1v) is 9.96. The molecular weight excluding hydrogens is 322 g/mol. The molecule has 1 unspecified atom stereocenters. The molecule has 2 rings (SSSR count). The van der Waals surface area contributed by atoms with E-state index in [1.807, 2.05) is 17.2 Å². The number of likely N-dealkylation sites (tertiary alicyclic amines) is 1. The normalized spacial score (nSPS) is 18.0. The van der Waals surface area contributed by atoms with E-state index in [0.717, 1.165) is 49.5 Å². The lowest BCUT2D eigenvalue weighted by atomic mass is 9.95. The van der Waals surface area contributed by atoms with E-state index >= 15 is 0 Å². The van der Waals surface area contributed by atoms with Gasteiger partial charge in [-0.2, -0.15) is 0 Å². The Balaban J connectivity index is 1.96. The van der Waals surface area contributed by atoms with Crippen LogP contribution in [0.15, 0.2) is 5.38 Å². The van der Waals surface area contributed by atoms with E-state index in [9.17, 15) is 9.59 Å². The van der Waals surface area contributed by atoms with E-state index < -0.39 is 0 Å². The lowest BCUT2D eigenvalue weighted by Crippen LogP contribution is -2.42. The van der Waals surface area contributed by atoms with Crippen molar-refractivity contribution in [1.29, 1.82) is 0 Å². The molecule has 0 aliphatic carbocycles. The first kappa shape index (κ1) is 18.9. The van der Waals surface area contributed by atoms with E-state index in [0.29, 0.717) is 24.8 Å². The van der Waals surface area contributed by atoms with E-state index in [4.69, 9.17) is 0 Å². The van der Waals surface area contributed by atoms with Crippen molar-refractivity contribution in [3.05, 3.63) is 16.1 Å². The van der Waals surface area contributed by atoms with E-state index in [-0.39, 0.29) is 11.8 Å². The van der Waals surface area contributed by atoms with Crippen LogP contribution in [0.4, 0.5) is 0 Å². The van der Waals surface area contributed by atoms with Gasteiger partial charge in [-0.05, 0) is 25.7 Å². The number of piperidine rings is 1. The van der Waals surface area contributed by atoms with Crippen molar-refractivity contribution in [1.82, 2.24) is 15.2 Å². The van der Waals surface area contributed by atoms with Gasteiger partial charge in [-0.25, -0.2) is 4.98 Å². The van der Waals surface area contributed by atoms with Gasteiger partial charge in [0.25, 0.3) is 0 Å². The van der Waals surface area contributed by atoms with Gasteiger partial charge >= 0.3 is 0 Å². The number of thiazole rings is 1. The summed E-state index contributed by atoms with van der Waals surface area (Å²) in [5.74, 6) is 0.832. The summed E-state index contributed by atoms with van der Waals surface area (Å²) in [5.41, 5.74) is 0.917. The Morgan fingerprint density at radius 3 is 2.79 bits per heavy atom. The lowest BCUT2D eigenvalue weighted by Gasteiger charge is -2.34. The highest BCUT2D eigenvalue weighted by Gasteiger charge is 2.29. The van der Waals surface area contributed by atoms with Crippen molar-refractivity contribution < 1.29 is 9.59 Å². The molecule has 1 aliphatic rings. The Morgan fingerprint density at radius 2 is 2.12 bits per heavy atom. The molecule has 0 bridgehead atoms. The number of hydrogen-bond donors (Lipinski definition) is 1. The standard InChI is InChI=1S/C18H29N3O2S/c1-4-13(5-2)18(23)21-9-7-8-14(11-21)17-20-15(12-24-17)10-19-16(22)6-3/h12-14H,4-11H2,1-3H3,(H,19,22). The van der Waals surface area contributed by atoms with Crippen LogP contribution in [0.3, 0.4) is 0 Å². The molecule has 134 valence electrons. The molecule has 2 heterocycles. The Kier molecular flexibility index (Phi) is 7.21. The van der Waals surface area contributed by atoms with Crippen LogP contribution in [0.1, 0.15) is 69.5 Å². The third-order valence-corrected chi connectivity index (χ3v) is 5.83. The molecule has 1 aromatic heterocycles. The summed E-state index contributed by atoms with van der Waals surface area (Å²) < 4.78 is 0. The zero-order chi connectivity index (χ0) is 17.5. The number of rotatable bonds is 7. The van der Waals surface area contributed by atoms with E-state index in [2.05, 4.69) is 24.1 Å². The fourth-order valence-electron chi connectivity index (χ4n) is 3.18. The summed E-state index contributed by atoms with van der Waals surface area (Å²) in [6, 6.07) is 0. The van der Waals surface area contributed by atoms with Gasteiger partial charge in [0.2, 0.25) is 11.8 Å². The molecule has 6 heteroatoms. The molecule has 1 atom stereocenters. The maximum atomic E-state index is 12.6. The second kappa shape index (κ2) is 9.16. The van der Waals surface area contributed by atoms with Crippen LogP contribution in [0, 0.1) is 5.92 Å². The Hall–Kier alpha value is -1.43. The molecule has 24 heavy (non-hydrogen) atoms. The van der Waals surface area contributed by atoms with Crippen molar-refractivity contribution in [2.75, 3.05) is 13.1 Å². The van der Waals surface area contributed by atoms with Crippen molar-refractivity contribution in [2.45, 2.75) is 65.3 Å². The van der Waals surface area contributed by atoms with Gasteiger partial charge in [-0.15, -0.1) is 11.3 Å². The monoisotopic (exact) mass is 351 g/mol. The molecule has 1 aliphatic heterocycles. The summed E-state index contributed by atoms with van der Waals surface area (Å²) >= 11 is 1.65. The number of nitrogens with one attached hydrogen (secondary N) is 1. The van der Waals surface area contributed by atoms with Gasteiger partial charge in [-0.1, -0.05) is 20.8 Å². The maximum absolute atomic E-state index is 12.6. The van der Waals surface area contributed by atoms with Crippen LogP contribution < -0.4 is 5.32 Å². The Labute approximate surface area is 148 Å². The van der Waals surface area contributed by atoms with Crippen LogP contribution in [0.25, 0.3) is 0 Å². The van der Waals surface area contributed by atoms with Gasteiger partial charge in [0, 0.05) is 36.7 Å². The molecule has 1 saturated heterocycles. The number of aromatic nitrogens is 1. The number of nitrogens with zero attached hydrogens (tertiary/aromatic N) is 2. The lowest BCUT2D eigenvalue weighted by molar-refractivity contribution is -0.137. The molecule has 0 aromatic carbocycles. The summed E-state index contributed by atoms with van der Waals surface area (Å²) in [7, 11) is 0. The molecule has 0 radical (unpaired) electrons. The van der Waals surface area contributed by atoms with Gasteiger partial charge < -0.3 is 10.2 Å². The number of hydrogen-bond acceptors (Lipinski definition) is 4. The highest BCUT2D eigenvalue weighted by Crippen LogP contribution is 2.30. The van der Waals surface area contributed by atoms with Crippen molar-refractivity contribution >= 4 is 23.2 Å². The first-order chi connectivity index (χ1) is 11.6. The van der Waals surface area contributed by atoms with Crippen LogP contribution in [0.5, 0.6) is 0 Å². The van der Waals surface area contributed by atoms with Crippen molar-refractivity contribution in [3.63, 3.8) is 0 Å². The Morgan fingerprint density at radius 1 is 1.38 bits per heavy atom. The number of amides is 2. The zero-order valence-electron chi connectivity index (χ0n) is 15.0. The fraction of sp³-hybridized carbons (Fsp3) is 0.722. The predicted octanol–water partition coefficient (Wildman–Crippen LogP) is 3.31. The molecule has 2 amide bonds. The van der Waals surface area contributed by atoms with Gasteiger partial charge in [0.15, 0.2) is 0 Å². The average molecular weight is 352 g/mol. The third kappa shape index (κ3) is 4.79. The molecule has 0 saturated carbocycles.